The molecule has 5 heteroatoms. The highest BCUT2D eigenvalue weighted by Gasteiger charge is 2.43. The Labute approximate surface area is 167 Å². The van der Waals surface area contributed by atoms with Gasteiger partial charge in [-0.1, -0.05) is 30.3 Å². The van der Waals surface area contributed by atoms with Gasteiger partial charge >= 0.3 is 0 Å². The molecule has 0 spiro atoms. The van der Waals surface area contributed by atoms with Crippen molar-refractivity contribution in [3.63, 3.8) is 0 Å². The maximum atomic E-state index is 12.1. The number of imidazole rings is 1. The van der Waals surface area contributed by atoms with Gasteiger partial charge in [0, 0.05) is 51.1 Å². The van der Waals surface area contributed by atoms with Crippen LogP contribution in [0.2, 0.25) is 0 Å². The zero-order valence-corrected chi connectivity index (χ0v) is 17.0. The van der Waals surface area contributed by atoms with E-state index in [0.29, 0.717) is 18.1 Å². The summed E-state index contributed by atoms with van der Waals surface area (Å²) >= 11 is 0. The fraction of sp³-hybridized carbons (Fsp3) is 0.565. The second kappa shape index (κ2) is 7.03. The summed E-state index contributed by atoms with van der Waals surface area (Å²) in [6.07, 6.45) is 5.53. The molecule has 5 nitrogen and oxygen atoms in total. The molecule has 2 aromatic rings. The van der Waals surface area contributed by atoms with Crippen molar-refractivity contribution in [3.8, 4) is 0 Å². The molecule has 1 aromatic heterocycles. The Morgan fingerprint density at radius 2 is 1.82 bits per heavy atom. The van der Waals surface area contributed by atoms with Crippen molar-refractivity contribution in [3.05, 3.63) is 53.1 Å². The molecule has 0 saturated carbocycles. The predicted molar refractivity (Wildman–Crippen MR) is 109 cm³/mol. The predicted octanol–water partition coefficient (Wildman–Crippen LogP) is 3.46. The van der Waals surface area contributed by atoms with Crippen LogP contribution in [0.4, 0.5) is 0 Å². The summed E-state index contributed by atoms with van der Waals surface area (Å²) in [4.78, 5) is 21.7. The number of piperidine rings is 1. The molecule has 2 unspecified atom stereocenters. The summed E-state index contributed by atoms with van der Waals surface area (Å²) in [5, 5.41) is 0. The van der Waals surface area contributed by atoms with Gasteiger partial charge in [-0.25, -0.2) is 4.98 Å². The first kappa shape index (κ1) is 17.9. The van der Waals surface area contributed by atoms with Gasteiger partial charge < -0.3 is 9.47 Å². The van der Waals surface area contributed by atoms with E-state index in [1.54, 1.807) is 6.92 Å². The van der Waals surface area contributed by atoms with E-state index in [1.165, 1.54) is 17.0 Å². The molecule has 4 heterocycles. The molecule has 0 N–H and O–H groups in total. The third-order valence-electron chi connectivity index (χ3n) is 6.99. The summed E-state index contributed by atoms with van der Waals surface area (Å²) in [5.74, 6) is 1.41. The third-order valence-corrected chi connectivity index (χ3v) is 6.99. The van der Waals surface area contributed by atoms with Crippen LogP contribution in [0.3, 0.4) is 0 Å². The lowest BCUT2D eigenvalue weighted by atomic mass is 9.96. The first-order valence-electron chi connectivity index (χ1n) is 10.7. The summed E-state index contributed by atoms with van der Waals surface area (Å²) in [5.41, 5.74) is 4.09. The Morgan fingerprint density at radius 1 is 1.11 bits per heavy atom. The fourth-order valence-electron chi connectivity index (χ4n) is 5.91. The second-order valence-corrected chi connectivity index (χ2v) is 8.81. The molecule has 5 rings (SSSR count). The normalized spacial score (nSPS) is 27.1. The molecule has 0 aliphatic carbocycles. The number of hydrogen-bond acceptors (Lipinski definition) is 3. The maximum Gasteiger partial charge on any atom is 0.219 e. The molecule has 2 atom stereocenters. The van der Waals surface area contributed by atoms with Crippen molar-refractivity contribution in [1.29, 1.82) is 0 Å². The highest BCUT2D eigenvalue weighted by Crippen LogP contribution is 2.42. The van der Waals surface area contributed by atoms with Crippen LogP contribution in [0.15, 0.2) is 30.3 Å². The molecule has 0 radical (unpaired) electrons. The zero-order chi connectivity index (χ0) is 19.3. The standard InChI is InChI=1S/C23H30N4O/c1-16-24-22-10-11-25(14-18-6-4-3-5-7-18)15-23(22)26(16)21-12-19-8-9-20(13-21)27(19)17(2)28/h3-7,19-21H,8-15H2,1-2H3. The van der Waals surface area contributed by atoms with E-state index in [4.69, 9.17) is 4.98 Å². The van der Waals surface area contributed by atoms with Crippen LogP contribution in [0.1, 0.15) is 61.4 Å². The lowest BCUT2D eigenvalue weighted by Gasteiger charge is -2.40. The highest BCUT2D eigenvalue weighted by molar-refractivity contribution is 5.74. The molecule has 28 heavy (non-hydrogen) atoms. The topological polar surface area (TPSA) is 41.4 Å². The summed E-state index contributed by atoms with van der Waals surface area (Å²) in [6, 6.07) is 12.1. The van der Waals surface area contributed by atoms with Gasteiger partial charge in [0.1, 0.15) is 5.82 Å². The number of aryl methyl sites for hydroxylation is 1. The molecule has 1 aromatic carbocycles. The van der Waals surface area contributed by atoms with Crippen LogP contribution in [-0.2, 0) is 24.3 Å². The lowest BCUT2D eigenvalue weighted by Crippen LogP contribution is -2.46. The number of benzene rings is 1. The number of fused-ring (bicyclic) bond motifs is 3. The van der Waals surface area contributed by atoms with Crippen LogP contribution in [-0.4, -0.2) is 43.9 Å². The van der Waals surface area contributed by atoms with Crippen LogP contribution in [0, 0.1) is 6.92 Å². The van der Waals surface area contributed by atoms with E-state index in [-0.39, 0.29) is 5.91 Å². The van der Waals surface area contributed by atoms with Crippen LogP contribution >= 0.6 is 0 Å². The number of hydrogen-bond donors (Lipinski definition) is 0. The molecule has 2 saturated heterocycles. The minimum absolute atomic E-state index is 0.254. The van der Waals surface area contributed by atoms with E-state index in [2.05, 4.69) is 51.6 Å². The van der Waals surface area contributed by atoms with Crippen molar-refractivity contribution < 1.29 is 4.79 Å². The van der Waals surface area contributed by atoms with Crippen molar-refractivity contribution in [2.45, 2.75) is 77.2 Å². The molecule has 1 amide bonds. The average molecular weight is 379 g/mol. The maximum absolute atomic E-state index is 12.1. The molecule has 148 valence electrons. The largest absolute Gasteiger partial charge is 0.337 e. The molecule has 3 aliphatic rings. The van der Waals surface area contributed by atoms with Crippen molar-refractivity contribution >= 4 is 5.91 Å². The van der Waals surface area contributed by atoms with Crippen LogP contribution in [0.25, 0.3) is 0 Å². The van der Waals surface area contributed by atoms with Gasteiger partial charge in [-0.05, 0) is 38.2 Å². The smallest absolute Gasteiger partial charge is 0.219 e. The van der Waals surface area contributed by atoms with Gasteiger partial charge in [-0.2, -0.15) is 0 Å². The van der Waals surface area contributed by atoms with E-state index in [0.717, 1.165) is 57.6 Å². The SMILES string of the molecule is CC(=O)N1C2CCC1CC(n1c(C)nc3c1CN(Cc1ccccc1)CC3)C2. The Hall–Kier alpha value is -2.14. The van der Waals surface area contributed by atoms with Crippen LogP contribution in [0.5, 0.6) is 0 Å². The van der Waals surface area contributed by atoms with Gasteiger partial charge in [0.15, 0.2) is 0 Å². The second-order valence-electron chi connectivity index (χ2n) is 8.81. The number of aromatic nitrogens is 2. The van der Waals surface area contributed by atoms with Gasteiger partial charge in [-0.3, -0.25) is 9.69 Å². The van der Waals surface area contributed by atoms with Crippen LogP contribution < -0.4 is 0 Å². The summed E-state index contributed by atoms with van der Waals surface area (Å²) in [7, 11) is 0. The van der Waals surface area contributed by atoms with Gasteiger partial charge in [0.2, 0.25) is 5.91 Å². The average Bonchev–Trinajstić information content (AvgIpc) is 3.15. The fourth-order valence-corrected chi connectivity index (χ4v) is 5.91. The number of rotatable bonds is 3. The van der Waals surface area contributed by atoms with Gasteiger partial charge in [-0.15, -0.1) is 0 Å². The van der Waals surface area contributed by atoms with Gasteiger partial charge in [0.25, 0.3) is 0 Å². The Balaban J connectivity index is 1.38. The summed E-state index contributed by atoms with van der Waals surface area (Å²) < 4.78 is 2.54. The van der Waals surface area contributed by atoms with Crippen molar-refractivity contribution in [1.82, 2.24) is 19.4 Å². The lowest BCUT2D eigenvalue weighted by molar-refractivity contribution is -0.133. The minimum Gasteiger partial charge on any atom is -0.337 e. The number of carbonyl (C=O) groups excluding carboxylic acids is 1. The summed E-state index contributed by atoms with van der Waals surface area (Å²) in [6.45, 7) is 6.95. The minimum atomic E-state index is 0.254. The molecule has 2 bridgehead atoms. The van der Waals surface area contributed by atoms with E-state index < -0.39 is 0 Å². The Morgan fingerprint density at radius 3 is 2.50 bits per heavy atom. The first-order chi connectivity index (χ1) is 13.6. The van der Waals surface area contributed by atoms with E-state index in [9.17, 15) is 4.79 Å². The van der Waals surface area contributed by atoms with E-state index >= 15 is 0 Å². The highest BCUT2D eigenvalue weighted by atomic mass is 16.2. The Kier molecular flexibility index (Phi) is 4.50. The van der Waals surface area contributed by atoms with Crippen molar-refractivity contribution in [2.24, 2.45) is 0 Å². The van der Waals surface area contributed by atoms with Gasteiger partial charge in [0.05, 0.1) is 11.4 Å². The zero-order valence-electron chi connectivity index (χ0n) is 17.0. The quantitative estimate of drug-likeness (QED) is 0.821. The molecule has 2 fully saturated rings. The molecule has 3 aliphatic heterocycles. The Bertz CT molecular complexity index is 860. The van der Waals surface area contributed by atoms with E-state index in [1.807, 2.05) is 0 Å². The number of carbonyl (C=O) groups is 1. The molecular weight excluding hydrogens is 348 g/mol. The number of amides is 1. The first-order valence-corrected chi connectivity index (χ1v) is 10.7. The third kappa shape index (κ3) is 3.06. The monoisotopic (exact) mass is 378 g/mol. The molecular formula is C23H30N4O. The number of nitrogens with zero attached hydrogens (tertiary/aromatic N) is 4. The van der Waals surface area contributed by atoms with Crippen molar-refractivity contribution in [2.75, 3.05) is 6.54 Å².